The molecule has 2 aromatic rings. The van der Waals surface area contributed by atoms with Crippen LogP contribution in [0.1, 0.15) is 5.69 Å². The molecule has 0 aromatic carbocycles. The van der Waals surface area contributed by atoms with Gasteiger partial charge in [-0.2, -0.15) is 0 Å². The number of nitrogens with one attached hydrogen (secondary N) is 1. The highest BCUT2D eigenvalue weighted by Crippen LogP contribution is 2.18. The zero-order chi connectivity index (χ0) is 13.0. The van der Waals surface area contributed by atoms with Crippen molar-refractivity contribution in [2.75, 3.05) is 16.8 Å². The van der Waals surface area contributed by atoms with Crippen LogP contribution < -0.4 is 11.1 Å². The van der Waals surface area contributed by atoms with Gasteiger partial charge in [-0.1, -0.05) is 5.16 Å². The Morgan fingerprint density at radius 2 is 2.39 bits per heavy atom. The number of hydrogen-bond acceptors (Lipinski definition) is 6. The quantitative estimate of drug-likeness (QED) is 0.816. The first-order valence-corrected chi connectivity index (χ1v) is 6.19. The number of nitrogens with zero attached hydrogens (tertiary/aromatic N) is 2. The van der Waals surface area contributed by atoms with Crippen LogP contribution in [0.3, 0.4) is 0 Å². The molecule has 1 amide bonds. The number of aryl methyl sites for hydroxylation is 1. The maximum absolute atomic E-state index is 11.6. The summed E-state index contributed by atoms with van der Waals surface area (Å²) >= 11 is 1.37. The molecule has 0 spiro atoms. The Balaban J connectivity index is 1.83. The number of nitrogen functional groups attached to an aromatic ring is 1. The Labute approximate surface area is 108 Å². The average molecular weight is 264 g/mol. The third kappa shape index (κ3) is 3.49. The van der Waals surface area contributed by atoms with Gasteiger partial charge < -0.3 is 10.3 Å². The molecule has 3 N–H and O–H groups in total. The molecule has 0 radical (unpaired) electrons. The predicted molar refractivity (Wildman–Crippen MR) is 69.2 cm³/mol. The lowest BCUT2D eigenvalue weighted by Gasteiger charge is -2.01. The molecular weight excluding hydrogens is 252 g/mol. The van der Waals surface area contributed by atoms with Crippen LogP contribution in [0, 0.1) is 6.92 Å². The average Bonchev–Trinajstić information content (AvgIpc) is 2.74. The molecule has 18 heavy (non-hydrogen) atoms. The summed E-state index contributed by atoms with van der Waals surface area (Å²) in [7, 11) is 0. The SMILES string of the molecule is Cc1cc(NC(=O)CSc2ccc(N)nc2)on1. The van der Waals surface area contributed by atoms with Crippen molar-refractivity contribution in [2.24, 2.45) is 0 Å². The van der Waals surface area contributed by atoms with Gasteiger partial charge in [0, 0.05) is 17.2 Å². The van der Waals surface area contributed by atoms with Crippen LogP contribution in [-0.4, -0.2) is 21.8 Å². The number of nitrogens with two attached hydrogens (primary N) is 1. The third-order valence-corrected chi connectivity index (χ3v) is 3.00. The number of amides is 1. The van der Waals surface area contributed by atoms with Crippen LogP contribution in [0.15, 0.2) is 33.8 Å². The zero-order valence-electron chi connectivity index (χ0n) is 9.71. The molecule has 0 saturated carbocycles. The molecule has 94 valence electrons. The lowest BCUT2D eigenvalue weighted by atomic mass is 10.5. The second kappa shape index (κ2) is 5.54. The Morgan fingerprint density at radius 1 is 1.56 bits per heavy atom. The van der Waals surface area contributed by atoms with E-state index in [1.54, 1.807) is 25.3 Å². The summed E-state index contributed by atoms with van der Waals surface area (Å²) in [6.45, 7) is 1.79. The molecule has 0 fully saturated rings. The first-order valence-electron chi connectivity index (χ1n) is 5.21. The number of aromatic nitrogens is 2. The highest BCUT2D eigenvalue weighted by atomic mass is 32.2. The number of hydrogen-bond donors (Lipinski definition) is 2. The highest BCUT2D eigenvalue weighted by molar-refractivity contribution is 8.00. The fraction of sp³-hybridized carbons (Fsp3) is 0.182. The number of pyridine rings is 1. The van der Waals surface area contributed by atoms with Crippen molar-refractivity contribution in [2.45, 2.75) is 11.8 Å². The summed E-state index contributed by atoms with van der Waals surface area (Å²) in [4.78, 5) is 16.4. The minimum absolute atomic E-state index is 0.159. The van der Waals surface area contributed by atoms with Crippen molar-refractivity contribution >= 4 is 29.4 Å². The minimum Gasteiger partial charge on any atom is -0.384 e. The molecule has 2 heterocycles. The normalized spacial score (nSPS) is 10.3. The van der Waals surface area contributed by atoms with Gasteiger partial charge in [-0.3, -0.25) is 10.1 Å². The van der Waals surface area contributed by atoms with E-state index >= 15 is 0 Å². The van der Waals surface area contributed by atoms with Crippen LogP contribution in [0.5, 0.6) is 0 Å². The van der Waals surface area contributed by atoms with E-state index in [9.17, 15) is 4.79 Å². The van der Waals surface area contributed by atoms with E-state index < -0.39 is 0 Å². The van der Waals surface area contributed by atoms with Gasteiger partial charge in [0.05, 0.1) is 11.4 Å². The molecule has 0 aliphatic heterocycles. The molecule has 0 saturated heterocycles. The van der Waals surface area contributed by atoms with Gasteiger partial charge in [-0.05, 0) is 19.1 Å². The van der Waals surface area contributed by atoms with Crippen LogP contribution >= 0.6 is 11.8 Å². The third-order valence-electron chi connectivity index (χ3n) is 2.02. The molecule has 0 atom stereocenters. The minimum atomic E-state index is -0.159. The van der Waals surface area contributed by atoms with Gasteiger partial charge in [0.15, 0.2) is 0 Å². The molecule has 2 aromatic heterocycles. The van der Waals surface area contributed by atoms with Gasteiger partial charge >= 0.3 is 0 Å². The van der Waals surface area contributed by atoms with E-state index in [0.29, 0.717) is 11.7 Å². The topological polar surface area (TPSA) is 94.0 Å². The van der Waals surface area contributed by atoms with Crippen molar-refractivity contribution in [3.63, 3.8) is 0 Å². The van der Waals surface area contributed by atoms with Gasteiger partial charge in [-0.15, -0.1) is 11.8 Å². The number of rotatable bonds is 4. The fourth-order valence-corrected chi connectivity index (χ4v) is 1.88. The van der Waals surface area contributed by atoms with Crippen molar-refractivity contribution < 1.29 is 9.32 Å². The lowest BCUT2D eigenvalue weighted by molar-refractivity contribution is -0.113. The molecular formula is C11H12N4O2S. The Bertz CT molecular complexity index is 538. The van der Waals surface area contributed by atoms with Crippen molar-refractivity contribution in [1.82, 2.24) is 10.1 Å². The fourth-order valence-electron chi connectivity index (χ4n) is 1.22. The summed E-state index contributed by atoms with van der Waals surface area (Å²) < 4.78 is 4.88. The Hall–Kier alpha value is -2.02. The van der Waals surface area contributed by atoms with Crippen molar-refractivity contribution in [3.8, 4) is 0 Å². The monoisotopic (exact) mass is 264 g/mol. The van der Waals surface area contributed by atoms with Crippen LogP contribution in [0.2, 0.25) is 0 Å². The van der Waals surface area contributed by atoms with Gasteiger partial charge in [-0.25, -0.2) is 4.98 Å². The van der Waals surface area contributed by atoms with Gasteiger partial charge in [0.25, 0.3) is 0 Å². The summed E-state index contributed by atoms with van der Waals surface area (Å²) in [5.74, 6) is 0.924. The number of carbonyl (C=O) groups excluding carboxylic acids is 1. The van der Waals surface area contributed by atoms with Crippen molar-refractivity contribution in [3.05, 3.63) is 30.1 Å². The molecule has 7 heteroatoms. The standard InChI is InChI=1S/C11H12N4O2S/c1-7-4-11(17-15-7)14-10(16)6-18-8-2-3-9(12)13-5-8/h2-5H,6H2,1H3,(H2,12,13)(H,14,16). The number of thioether (sulfide) groups is 1. The summed E-state index contributed by atoms with van der Waals surface area (Å²) in [6, 6.07) is 5.17. The smallest absolute Gasteiger partial charge is 0.237 e. The van der Waals surface area contributed by atoms with Crippen LogP contribution in [0.25, 0.3) is 0 Å². The first kappa shape index (κ1) is 12.4. The Kier molecular flexibility index (Phi) is 3.83. The number of anilines is 2. The molecule has 0 unspecified atom stereocenters. The van der Waals surface area contributed by atoms with E-state index in [0.717, 1.165) is 10.6 Å². The maximum Gasteiger partial charge on any atom is 0.237 e. The second-order valence-electron chi connectivity index (χ2n) is 3.59. The highest BCUT2D eigenvalue weighted by Gasteiger charge is 2.07. The van der Waals surface area contributed by atoms with E-state index in [1.165, 1.54) is 11.8 Å². The van der Waals surface area contributed by atoms with E-state index in [4.69, 9.17) is 10.3 Å². The first-order chi connectivity index (χ1) is 8.63. The van der Waals surface area contributed by atoms with E-state index in [-0.39, 0.29) is 11.7 Å². The van der Waals surface area contributed by atoms with Crippen LogP contribution in [0.4, 0.5) is 11.7 Å². The lowest BCUT2D eigenvalue weighted by Crippen LogP contribution is -2.13. The molecule has 0 aliphatic rings. The second-order valence-corrected chi connectivity index (χ2v) is 4.64. The van der Waals surface area contributed by atoms with Crippen LogP contribution in [-0.2, 0) is 4.79 Å². The van der Waals surface area contributed by atoms with E-state index in [1.807, 2.05) is 6.07 Å². The molecule has 6 nitrogen and oxygen atoms in total. The molecule has 0 bridgehead atoms. The number of carbonyl (C=O) groups is 1. The summed E-state index contributed by atoms with van der Waals surface area (Å²) in [5.41, 5.74) is 6.19. The van der Waals surface area contributed by atoms with E-state index in [2.05, 4.69) is 15.5 Å². The van der Waals surface area contributed by atoms with Crippen molar-refractivity contribution in [1.29, 1.82) is 0 Å². The summed E-state index contributed by atoms with van der Waals surface area (Å²) in [5, 5.41) is 6.29. The van der Waals surface area contributed by atoms with Gasteiger partial charge in [0.2, 0.25) is 11.8 Å². The zero-order valence-corrected chi connectivity index (χ0v) is 10.5. The Morgan fingerprint density at radius 3 is 3.00 bits per heavy atom. The maximum atomic E-state index is 11.6. The predicted octanol–water partition coefficient (Wildman–Crippen LogP) is 1.69. The molecule has 0 aliphatic carbocycles. The largest absolute Gasteiger partial charge is 0.384 e. The van der Waals surface area contributed by atoms with Gasteiger partial charge in [0.1, 0.15) is 5.82 Å². The molecule has 2 rings (SSSR count). The summed E-state index contributed by atoms with van der Waals surface area (Å²) in [6.07, 6.45) is 1.63.